The summed E-state index contributed by atoms with van der Waals surface area (Å²) >= 11 is 0. The fourth-order valence-corrected chi connectivity index (χ4v) is 6.44. The van der Waals surface area contributed by atoms with Gasteiger partial charge in [0.1, 0.15) is 18.1 Å². The van der Waals surface area contributed by atoms with Crippen LogP contribution in [0.4, 0.5) is 4.79 Å². The number of amides is 2. The maximum absolute atomic E-state index is 13.7. The van der Waals surface area contributed by atoms with Crippen LogP contribution in [-0.4, -0.2) is 86.8 Å². The number of ether oxygens (including phenoxy) is 6. The van der Waals surface area contributed by atoms with Crippen molar-refractivity contribution in [3.8, 4) is 11.5 Å². The number of carbonyl (C=O) groups excluding carboxylic acids is 4. The number of methoxy groups -OCH3 is 2. The lowest BCUT2D eigenvalue weighted by molar-refractivity contribution is -0.169. The van der Waals surface area contributed by atoms with Gasteiger partial charge >= 0.3 is 12.1 Å². The number of hydrogen-bond donors (Lipinski definition) is 2. The van der Waals surface area contributed by atoms with Gasteiger partial charge in [0.25, 0.3) is 0 Å². The molecule has 0 radical (unpaired) electrons. The molecule has 2 fully saturated rings. The van der Waals surface area contributed by atoms with Gasteiger partial charge in [0.15, 0.2) is 11.5 Å². The molecule has 1 unspecified atom stereocenters. The first kappa shape index (κ1) is 43.0. The van der Waals surface area contributed by atoms with E-state index in [9.17, 15) is 19.2 Å². The summed E-state index contributed by atoms with van der Waals surface area (Å²) < 4.78 is 34.0. The van der Waals surface area contributed by atoms with Gasteiger partial charge in [-0.15, -0.1) is 0 Å². The van der Waals surface area contributed by atoms with E-state index in [1.165, 1.54) is 11.8 Å². The summed E-state index contributed by atoms with van der Waals surface area (Å²) in [7, 11) is 3.26. The van der Waals surface area contributed by atoms with Crippen LogP contribution in [0.1, 0.15) is 99.0 Å². The summed E-state index contributed by atoms with van der Waals surface area (Å²) in [5.74, 6) is 0.190. The Labute approximate surface area is 309 Å². The van der Waals surface area contributed by atoms with Gasteiger partial charge in [-0.25, -0.2) is 9.59 Å². The van der Waals surface area contributed by atoms with E-state index in [0.717, 1.165) is 12.0 Å². The lowest BCUT2D eigenvalue weighted by Crippen LogP contribution is -2.45. The predicted octanol–water partition coefficient (Wildman–Crippen LogP) is 5.38. The highest BCUT2D eigenvalue weighted by molar-refractivity contribution is 5.84. The van der Waals surface area contributed by atoms with Crippen LogP contribution in [0, 0.1) is 29.1 Å². The first-order chi connectivity index (χ1) is 24.4. The molecule has 1 aliphatic carbocycles. The molecule has 1 saturated heterocycles. The first-order valence-electron chi connectivity index (χ1n) is 18.6. The molecule has 1 aromatic carbocycles. The third kappa shape index (κ3) is 12.1. The Balaban J connectivity index is 1.85. The van der Waals surface area contributed by atoms with Gasteiger partial charge in [0.2, 0.25) is 12.2 Å². The Bertz CT molecular complexity index is 1360. The van der Waals surface area contributed by atoms with Crippen molar-refractivity contribution in [3.05, 3.63) is 23.8 Å². The Morgan fingerprint density at radius 1 is 0.981 bits per heavy atom. The fraction of sp³-hybridized carbons (Fsp3) is 0.744. The molecule has 294 valence electrons. The van der Waals surface area contributed by atoms with E-state index in [2.05, 4.69) is 13.8 Å². The quantitative estimate of drug-likeness (QED) is 0.0888. The zero-order valence-electron chi connectivity index (χ0n) is 32.7. The minimum absolute atomic E-state index is 0.0117. The molecule has 0 aromatic heterocycles. The molecule has 0 bridgehead atoms. The van der Waals surface area contributed by atoms with E-state index >= 15 is 0 Å². The molecule has 13 heteroatoms. The first-order valence-corrected chi connectivity index (χ1v) is 18.6. The number of nitrogens with zero attached hydrogens (tertiary/aromatic N) is 1. The van der Waals surface area contributed by atoms with Gasteiger partial charge in [-0.3, -0.25) is 14.5 Å². The average Bonchev–Trinajstić information content (AvgIpc) is 3.71. The molecule has 2 aliphatic rings. The lowest BCUT2D eigenvalue weighted by atomic mass is 9.78. The number of primary amides is 1. The van der Waals surface area contributed by atoms with Gasteiger partial charge in [0, 0.05) is 44.8 Å². The fourth-order valence-electron chi connectivity index (χ4n) is 6.44. The van der Waals surface area contributed by atoms with E-state index in [1.807, 2.05) is 32.0 Å². The number of hydrogen-bond acceptors (Lipinski definition) is 11. The predicted molar refractivity (Wildman–Crippen MR) is 195 cm³/mol. The molecule has 1 heterocycles. The second kappa shape index (κ2) is 19.1. The van der Waals surface area contributed by atoms with E-state index in [0.29, 0.717) is 63.2 Å². The average molecular weight is 734 g/mol. The van der Waals surface area contributed by atoms with E-state index in [1.54, 1.807) is 28.1 Å². The minimum atomic E-state index is -1.15. The van der Waals surface area contributed by atoms with Crippen LogP contribution in [0.2, 0.25) is 0 Å². The van der Waals surface area contributed by atoms with Crippen LogP contribution >= 0.6 is 0 Å². The van der Waals surface area contributed by atoms with Gasteiger partial charge in [-0.2, -0.15) is 0 Å². The molecular weight excluding hydrogens is 670 g/mol. The normalized spacial score (nSPS) is 20.0. The van der Waals surface area contributed by atoms with Crippen LogP contribution in [0.5, 0.6) is 11.5 Å². The summed E-state index contributed by atoms with van der Waals surface area (Å²) in [4.78, 5) is 53.3. The Kier molecular flexibility index (Phi) is 15.8. The molecule has 1 saturated carbocycles. The molecule has 3 rings (SSSR count). The minimum Gasteiger partial charge on any atom is -0.493 e. The van der Waals surface area contributed by atoms with Crippen LogP contribution < -0.4 is 20.9 Å². The summed E-state index contributed by atoms with van der Waals surface area (Å²) in [5.41, 5.74) is 10.8. The summed E-state index contributed by atoms with van der Waals surface area (Å²) in [6.45, 7) is 14.3. The van der Waals surface area contributed by atoms with Crippen molar-refractivity contribution in [1.82, 2.24) is 4.90 Å². The zero-order valence-corrected chi connectivity index (χ0v) is 32.7. The maximum atomic E-state index is 13.7. The summed E-state index contributed by atoms with van der Waals surface area (Å²) in [6, 6.07) is 5.48. The number of ketones is 1. The largest absolute Gasteiger partial charge is 0.493 e. The highest BCUT2D eigenvalue weighted by atomic mass is 16.7. The van der Waals surface area contributed by atoms with Gasteiger partial charge < -0.3 is 39.9 Å². The van der Waals surface area contributed by atoms with Crippen molar-refractivity contribution in [2.45, 2.75) is 124 Å². The molecule has 2 amide bonds. The highest BCUT2D eigenvalue weighted by Gasteiger charge is 2.49. The number of nitrogens with two attached hydrogens (primary N) is 2. The van der Waals surface area contributed by atoms with Crippen LogP contribution in [-0.2, 0) is 39.8 Å². The van der Waals surface area contributed by atoms with Crippen molar-refractivity contribution in [1.29, 1.82) is 0 Å². The van der Waals surface area contributed by atoms with Crippen LogP contribution in [0.15, 0.2) is 18.2 Å². The molecule has 4 N–H and O–H groups in total. The third-order valence-corrected chi connectivity index (χ3v) is 10.6. The maximum Gasteiger partial charge on any atom is 0.415 e. The number of carbonyl (C=O) groups is 4. The van der Waals surface area contributed by atoms with Crippen LogP contribution in [0.25, 0.3) is 0 Å². The van der Waals surface area contributed by atoms with Crippen molar-refractivity contribution in [2.24, 2.45) is 40.6 Å². The Hall–Kier alpha value is -3.42. The second-order valence-corrected chi connectivity index (χ2v) is 15.8. The van der Waals surface area contributed by atoms with E-state index in [4.69, 9.17) is 39.9 Å². The molecule has 13 nitrogen and oxygen atoms in total. The van der Waals surface area contributed by atoms with E-state index in [-0.39, 0.29) is 42.6 Å². The number of rotatable bonds is 22. The van der Waals surface area contributed by atoms with Crippen molar-refractivity contribution < 1.29 is 47.6 Å². The van der Waals surface area contributed by atoms with E-state index < -0.39 is 47.4 Å². The van der Waals surface area contributed by atoms with Crippen molar-refractivity contribution >= 4 is 23.8 Å². The molecule has 52 heavy (non-hydrogen) atoms. The third-order valence-electron chi connectivity index (χ3n) is 10.6. The number of Topliss-reactive ketones (excluding diaryl/α,β-unsaturated/α-hetero) is 1. The number of benzene rings is 1. The molecular formula is C39H63N3O10. The van der Waals surface area contributed by atoms with Crippen molar-refractivity contribution in [3.63, 3.8) is 0 Å². The SMILES string of the molecule is COCCCOc1cc(C[C@@H](C[C@H]2[C@H](C[C@H](C(=O)CCC(C)(C)C(N)=O)C(C)C)OCN2C(=O)OC(C)OC(=O)C2(N)CC2)C(C)C)ccc1OC. The second-order valence-electron chi connectivity index (χ2n) is 15.8. The molecule has 1 aromatic rings. The Morgan fingerprint density at radius 3 is 2.25 bits per heavy atom. The van der Waals surface area contributed by atoms with Gasteiger partial charge in [-0.05, 0) is 74.0 Å². The van der Waals surface area contributed by atoms with Crippen molar-refractivity contribution in [2.75, 3.05) is 34.2 Å². The smallest absolute Gasteiger partial charge is 0.415 e. The molecule has 5 atom stereocenters. The summed E-state index contributed by atoms with van der Waals surface area (Å²) in [5, 5.41) is 0. The Morgan fingerprint density at radius 2 is 1.67 bits per heavy atom. The molecule has 0 spiro atoms. The lowest BCUT2D eigenvalue weighted by Gasteiger charge is -2.33. The number of esters is 1. The molecule has 1 aliphatic heterocycles. The van der Waals surface area contributed by atoms with Crippen LogP contribution in [0.3, 0.4) is 0 Å². The van der Waals surface area contributed by atoms with Gasteiger partial charge in [0.05, 0.1) is 25.9 Å². The monoisotopic (exact) mass is 733 g/mol. The highest BCUT2D eigenvalue weighted by Crippen LogP contribution is 2.37. The summed E-state index contributed by atoms with van der Waals surface area (Å²) in [6.07, 6.45) is 1.66. The standard InChI is InChI=1S/C39H63N3O10/c1-24(2)28(19-27-11-12-32(48-9)34(20-27)49-18-10-17-47-8)21-30-33(22-29(25(3)4)31(43)13-14-38(6,7)35(40)44)50-23-42(30)37(46)52-26(5)51-36(45)39(41)15-16-39/h11-12,20,24-26,28-30,33H,10,13-19,21-23,41H2,1-9H3,(H2,40,44)/t26?,28-,29-,30-,33-/m0/s1. The topological polar surface area (TPSA) is 179 Å². The van der Waals surface area contributed by atoms with Gasteiger partial charge in [-0.1, -0.05) is 47.6 Å². The zero-order chi connectivity index (χ0) is 38.8.